The molecule has 0 aliphatic heterocycles. The van der Waals surface area contributed by atoms with Crippen LogP contribution in [0.2, 0.25) is 0 Å². The van der Waals surface area contributed by atoms with E-state index in [4.69, 9.17) is 14.2 Å². The molecule has 0 bridgehead atoms. The van der Waals surface area contributed by atoms with Gasteiger partial charge in [0.2, 0.25) is 6.08 Å². The van der Waals surface area contributed by atoms with Crippen LogP contribution in [-0.2, 0) is 21.7 Å². The van der Waals surface area contributed by atoms with Crippen molar-refractivity contribution in [3.63, 3.8) is 0 Å². The highest BCUT2D eigenvalue weighted by Gasteiger charge is 2.41. The third-order valence-electron chi connectivity index (χ3n) is 3.88. The molecule has 1 aliphatic rings. The fourth-order valence-electron chi connectivity index (χ4n) is 2.75. The number of hydrogen-bond donors (Lipinski definition) is 0. The topological polar surface area (TPSA) is 57.1 Å². The van der Waals surface area contributed by atoms with Gasteiger partial charge in [-0.3, -0.25) is 0 Å². The molecule has 0 spiro atoms. The Hall–Kier alpha value is -1.84. The first-order valence-electron chi connectivity index (χ1n) is 6.54. The predicted octanol–water partition coefficient (Wildman–Crippen LogP) is 2.57. The summed E-state index contributed by atoms with van der Waals surface area (Å²) in [4.78, 5) is 14.8. The highest BCUT2D eigenvalue weighted by Crippen LogP contribution is 2.49. The lowest BCUT2D eigenvalue weighted by Crippen LogP contribution is -2.33. The van der Waals surface area contributed by atoms with Gasteiger partial charge in [0.05, 0.1) is 26.4 Å². The highest BCUT2D eigenvalue weighted by atomic mass is 16.5. The first kappa shape index (κ1) is 14.6. The molecule has 2 rings (SSSR count). The van der Waals surface area contributed by atoms with Gasteiger partial charge >= 0.3 is 0 Å². The van der Waals surface area contributed by atoms with Crippen LogP contribution in [0.5, 0.6) is 11.5 Å². The van der Waals surface area contributed by atoms with Crippen LogP contribution in [0.3, 0.4) is 0 Å². The number of ether oxygens (including phenoxy) is 3. The predicted molar refractivity (Wildman–Crippen MR) is 73.9 cm³/mol. The average Bonchev–Trinajstić information content (AvgIpc) is 2.43. The lowest BCUT2D eigenvalue weighted by Gasteiger charge is -2.38. The number of benzene rings is 1. The lowest BCUT2D eigenvalue weighted by molar-refractivity contribution is 0.173. The van der Waals surface area contributed by atoms with E-state index in [1.54, 1.807) is 27.4 Å². The van der Waals surface area contributed by atoms with E-state index in [0.29, 0.717) is 18.1 Å². The number of hydrogen-bond acceptors (Lipinski definition) is 5. The average molecular weight is 277 g/mol. The van der Waals surface area contributed by atoms with Crippen molar-refractivity contribution in [2.45, 2.75) is 31.4 Å². The molecule has 0 radical (unpaired) electrons. The zero-order chi connectivity index (χ0) is 14.6. The monoisotopic (exact) mass is 277 g/mol. The third kappa shape index (κ3) is 2.30. The first-order valence-corrected chi connectivity index (χ1v) is 6.54. The van der Waals surface area contributed by atoms with Gasteiger partial charge in [-0.15, -0.1) is 0 Å². The van der Waals surface area contributed by atoms with E-state index in [0.717, 1.165) is 30.4 Å². The molecule has 0 amide bonds. The van der Waals surface area contributed by atoms with Crippen LogP contribution in [0, 0.1) is 0 Å². The van der Waals surface area contributed by atoms with Crippen molar-refractivity contribution >= 4 is 6.08 Å². The maximum atomic E-state index is 10.8. The van der Waals surface area contributed by atoms with Gasteiger partial charge in [0.15, 0.2) is 11.5 Å². The maximum absolute atomic E-state index is 10.8. The van der Waals surface area contributed by atoms with Crippen molar-refractivity contribution in [1.82, 2.24) is 0 Å². The summed E-state index contributed by atoms with van der Waals surface area (Å²) in [6.07, 6.45) is 4.44. The molecule has 1 saturated carbocycles. The molecule has 1 aliphatic carbocycles. The van der Waals surface area contributed by atoms with Crippen molar-refractivity contribution in [1.29, 1.82) is 0 Å². The fraction of sp³-hybridized carbons (Fsp3) is 0.533. The summed E-state index contributed by atoms with van der Waals surface area (Å²) < 4.78 is 16.0. The zero-order valence-electron chi connectivity index (χ0n) is 12.1. The standard InChI is InChI=1S/C15H19NO4/c1-18-9-11-12(15(16-10-17)7-4-8-15)5-6-13(19-2)14(11)20-3/h5-6H,4,7-9H2,1-3H3. The SMILES string of the molecule is COCc1c(C2(N=C=O)CCC2)ccc(OC)c1OC. The molecule has 20 heavy (non-hydrogen) atoms. The molecular formula is C15H19NO4. The minimum Gasteiger partial charge on any atom is -0.493 e. The number of carbonyl (C=O) groups excluding carboxylic acids is 1. The van der Waals surface area contributed by atoms with Gasteiger partial charge in [-0.1, -0.05) is 6.07 Å². The number of isocyanates is 1. The number of nitrogens with zero attached hydrogens (tertiary/aromatic N) is 1. The second-order valence-corrected chi connectivity index (χ2v) is 4.85. The highest BCUT2D eigenvalue weighted by molar-refractivity contribution is 5.54. The van der Waals surface area contributed by atoms with Crippen LogP contribution >= 0.6 is 0 Å². The summed E-state index contributed by atoms with van der Waals surface area (Å²) in [5.74, 6) is 1.28. The van der Waals surface area contributed by atoms with Crippen LogP contribution in [0.15, 0.2) is 17.1 Å². The second-order valence-electron chi connectivity index (χ2n) is 4.85. The largest absolute Gasteiger partial charge is 0.493 e. The quantitative estimate of drug-likeness (QED) is 0.592. The normalized spacial score (nSPS) is 15.9. The van der Waals surface area contributed by atoms with E-state index < -0.39 is 5.54 Å². The summed E-state index contributed by atoms with van der Waals surface area (Å²) >= 11 is 0. The van der Waals surface area contributed by atoms with Crippen LogP contribution in [-0.4, -0.2) is 27.4 Å². The van der Waals surface area contributed by atoms with Crippen LogP contribution in [0.4, 0.5) is 0 Å². The van der Waals surface area contributed by atoms with E-state index in [2.05, 4.69) is 4.99 Å². The minimum absolute atomic E-state index is 0.381. The number of aliphatic imine (C=N–C) groups is 1. The van der Waals surface area contributed by atoms with Crippen molar-refractivity contribution in [3.8, 4) is 11.5 Å². The molecular weight excluding hydrogens is 258 g/mol. The molecule has 1 aromatic rings. The van der Waals surface area contributed by atoms with Gasteiger partial charge in [-0.05, 0) is 30.9 Å². The Balaban J connectivity index is 2.60. The molecule has 1 fully saturated rings. The van der Waals surface area contributed by atoms with Crippen LogP contribution in [0.1, 0.15) is 30.4 Å². The first-order chi connectivity index (χ1) is 9.72. The third-order valence-corrected chi connectivity index (χ3v) is 3.88. The zero-order valence-corrected chi connectivity index (χ0v) is 12.1. The summed E-state index contributed by atoms with van der Waals surface area (Å²) in [6.45, 7) is 0.381. The van der Waals surface area contributed by atoms with Crippen molar-refractivity contribution in [2.75, 3.05) is 21.3 Å². The van der Waals surface area contributed by atoms with Gasteiger partial charge in [0.1, 0.15) is 0 Å². The van der Waals surface area contributed by atoms with E-state index >= 15 is 0 Å². The molecule has 0 heterocycles. The summed E-state index contributed by atoms with van der Waals surface area (Å²) in [5.41, 5.74) is 1.37. The van der Waals surface area contributed by atoms with Gasteiger partial charge in [-0.25, -0.2) is 4.79 Å². The fourth-order valence-corrected chi connectivity index (χ4v) is 2.75. The maximum Gasteiger partial charge on any atom is 0.235 e. The minimum atomic E-state index is -0.477. The van der Waals surface area contributed by atoms with Crippen LogP contribution in [0.25, 0.3) is 0 Å². The number of methoxy groups -OCH3 is 3. The smallest absolute Gasteiger partial charge is 0.235 e. The molecule has 0 unspecified atom stereocenters. The van der Waals surface area contributed by atoms with E-state index in [9.17, 15) is 4.79 Å². The van der Waals surface area contributed by atoms with Gasteiger partial charge in [-0.2, -0.15) is 4.99 Å². The van der Waals surface area contributed by atoms with E-state index in [-0.39, 0.29) is 0 Å². The van der Waals surface area contributed by atoms with Crippen molar-refractivity contribution in [3.05, 3.63) is 23.3 Å². The molecule has 5 heteroatoms. The summed E-state index contributed by atoms with van der Waals surface area (Å²) in [5, 5.41) is 0. The van der Waals surface area contributed by atoms with Gasteiger partial charge < -0.3 is 14.2 Å². The summed E-state index contributed by atoms with van der Waals surface area (Å²) in [7, 11) is 4.81. The van der Waals surface area contributed by atoms with E-state index in [1.807, 2.05) is 12.1 Å². The molecule has 5 nitrogen and oxygen atoms in total. The molecule has 0 atom stereocenters. The second kappa shape index (κ2) is 6.07. The summed E-state index contributed by atoms with van der Waals surface area (Å²) in [6, 6.07) is 3.78. The number of rotatable bonds is 6. The van der Waals surface area contributed by atoms with Crippen molar-refractivity contribution in [2.24, 2.45) is 4.99 Å². The van der Waals surface area contributed by atoms with E-state index in [1.165, 1.54) is 0 Å². The van der Waals surface area contributed by atoms with Gasteiger partial charge in [0.25, 0.3) is 0 Å². The molecule has 108 valence electrons. The Kier molecular flexibility index (Phi) is 4.42. The molecule has 1 aromatic carbocycles. The lowest BCUT2D eigenvalue weighted by atomic mass is 9.71. The van der Waals surface area contributed by atoms with Crippen LogP contribution < -0.4 is 9.47 Å². The van der Waals surface area contributed by atoms with Gasteiger partial charge in [0, 0.05) is 12.7 Å². The molecule has 0 N–H and O–H groups in total. The Morgan fingerprint density at radius 3 is 2.45 bits per heavy atom. The Morgan fingerprint density at radius 1 is 1.25 bits per heavy atom. The Morgan fingerprint density at radius 2 is 2.00 bits per heavy atom. The van der Waals surface area contributed by atoms with Crippen molar-refractivity contribution < 1.29 is 19.0 Å². The molecule has 0 saturated heterocycles. The Labute approximate surface area is 118 Å². The molecule has 0 aromatic heterocycles. The Bertz CT molecular complexity index is 531.